The van der Waals surface area contributed by atoms with Crippen molar-refractivity contribution in [2.45, 2.75) is 57.6 Å². The van der Waals surface area contributed by atoms with E-state index in [0.29, 0.717) is 6.10 Å². The van der Waals surface area contributed by atoms with E-state index in [-0.39, 0.29) is 6.04 Å². The Hall–Kier alpha value is -1.09. The molecular formula is C14H22N2O. The SMILES string of the molecule is CC[C@@H](N)c1ccc(OC2CCCCC2)cn1. The largest absolute Gasteiger partial charge is 0.489 e. The molecule has 0 aromatic carbocycles. The van der Waals surface area contributed by atoms with Crippen LogP contribution in [0.25, 0.3) is 0 Å². The van der Waals surface area contributed by atoms with Gasteiger partial charge in [0, 0.05) is 6.04 Å². The molecule has 2 N–H and O–H groups in total. The zero-order valence-electron chi connectivity index (χ0n) is 10.6. The summed E-state index contributed by atoms with van der Waals surface area (Å²) in [5.74, 6) is 0.879. The van der Waals surface area contributed by atoms with Crippen molar-refractivity contribution in [1.82, 2.24) is 4.98 Å². The second kappa shape index (κ2) is 6.01. The van der Waals surface area contributed by atoms with Crippen LogP contribution in [0.15, 0.2) is 18.3 Å². The summed E-state index contributed by atoms with van der Waals surface area (Å²) in [4.78, 5) is 4.36. The average molecular weight is 234 g/mol. The average Bonchev–Trinajstić information content (AvgIpc) is 2.40. The second-order valence-corrected chi connectivity index (χ2v) is 4.81. The molecule has 0 amide bonds. The van der Waals surface area contributed by atoms with Crippen LogP contribution in [0, 0.1) is 0 Å². The Labute approximate surface area is 103 Å². The third-order valence-corrected chi connectivity index (χ3v) is 3.43. The lowest BCUT2D eigenvalue weighted by Crippen LogP contribution is -2.19. The van der Waals surface area contributed by atoms with E-state index in [2.05, 4.69) is 11.9 Å². The molecule has 94 valence electrons. The number of nitrogens with two attached hydrogens (primary N) is 1. The minimum Gasteiger partial charge on any atom is -0.489 e. The highest BCUT2D eigenvalue weighted by atomic mass is 16.5. The molecule has 3 heteroatoms. The number of pyridine rings is 1. The topological polar surface area (TPSA) is 48.1 Å². The molecule has 1 atom stereocenters. The van der Waals surface area contributed by atoms with Gasteiger partial charge in [-0.15, -0.1) is 0 Å². The van der Waals surface area contributed by atoms with Gasteiger partial charge in [0.2, 0.25) is 0 Å². The third kappa shape index (κ3) is 3.43. The third-order valence-electron chi connectivity index (χ3n) is 3.43. The minimum atomic E-state index is 0.0405. The van der Waals surface area contributed by atoms with Gasteiger partial charge in [0.05, 0.1) is 18.0 Å². The van der Waals surface area contributed by atoms with Gasteiger partial charge in [0.15, 0.2) is 0 Å². The smallest absolute Gasteiger partial charge is 0.138 e. The van der Waals surface area contributed by atoms with E-state index in [9.17, 15) is 0 Å². The Kier molecular flexibility index (Phi) is 4.37. The van der Waals surface area contributed by atoms with Crippen LogP contribution in [-0.2, 0) is 0 Å². The molecule has 1 aliphatic carbocycles. The fraction of sp³-hybridized carbons (Fsp3) is 0.643. The molecule has 17 heavy (non-hydrogen) atoms. The summed E-state index contributed by atoms with van der Waals surface area (Å²) in [6.07, 6.45) is 9.38. The van der Waals surface area contributed by atoms with E-state index >= 15 is 0 Å². The van der Waals surface area contributed by atoms with Gasteiger partial charge in [-0.05, 0) is 44.2 Å². The van der Waals surface area contributed by atoms with Crippen molar-refractivity contribution in [3.8, 4) is 5.75 Å². The quantitative estimate of drug-likeness (QED) is 0.870. The summed E-state index contributed by atoms with van der Waals surface area (Å²) >= 11 is 0. The summed E-state index contributed by atoms with van der Waals surface area (Å²) in [7, 11) is 0. The highest BCUT2D eigenvalue weighted by Gasteiger charge is 2.15. The van der Waals surface area contributed by atoms with Gasteiger partial charge in [-0.2, -0.15) is 0 Å². The summed E-state index contributed by atoms with van der Waals surface area (Å²) in [5.41, 5.74) is 6.87. The van der Waals surface area contributed by atoms with Gasteiger partial charge in [-0.25, -0.2) is 0 Å². The molecule has 0 spiro atoms. The molecule has 1 aromatic rings. The predicted octanol–water partition coefficient (Wildman–Crippen LogP) is 3.20. The zero-order chi connectivity index (χ0) is 12.1. The van der Waals surface area contributed by atoms with Crippen molar-refractivity contribution >= 4 is 0 Å². The number of ether oxygens (including phenoxy) is 1. The highest BCUT2D eigenvalue weighted by Crippen LogP contribution is 2.23. The molecule has 2 rings (SSSR count). The van der Waals surface area contributed by atoms with Crippen LogP contribution in [0.4, 0.5) is 0 Å². The van der Waals surface area contributed by atoms with Crippen molar-refractivity contribution < 1.29 is 4.74 Å². The second-order valence-electron chi connectivity index (χ2n) is 4.81. The summed E-state index contributed by atoms with van der Waals surface area (Å²) in [6, 6.07) is 4.01. The van der Waals surface area contributed by atoms with Gasteiger partial charge in [0.1, 0.15) is 5.75 Å². The first-order chi connectivity index (χ1) is 8.29. The number of aromatic nitrogens is 1. The van der Waals surface area contributed by atoms with Crippen molar-refractivity contribution in [3.05, 3.63) is 24.0 Å². The first-order valence-corrected chi connectivity index (χ1v) is 6.67. The molecule has 3 nitrogen and oxygen atoms in total. The predicted molar refractivity (Wildman–Crippen MR) is 69.0 cm³/mol. The summed E-state index contributed by atoms with van der Waals surface area (Å²) in [6.45, 7) is 2.07. The number of hydrogen-bond acceptors (Lipinski definition) is 3. The fourth-order valence-electron chi connectivity index (χ4n) is 2.27. The molecule has 1 saturated carbocycles. The highest BCUT2D eigenvalue weighted by molar-refractivity contribution is 5.21. The molecule has 1 heterocycles. The van der Waals surface area contributed by atoms with E-state index in [1.165, 1.54) is 32.1 Å². The summed E-state index contributed by atoms with van der Waals surface area (Å²) in [5, 5.41) is 0. The standard InChI is InChI=1S/C14H22N2O/c1-2-13(15)14-9-8-12(10-16-14)17-11-6-4-3-5-7-11/h8-11,13H,2-7,15H2,1H3/t13-/m1/s1. The molecule has 1 aliphatic rings. The molecule has 0 radical (unpaired) electrons. The van der Waals surface area contributed by atoms with Crippen LogP contribution >= 0.6 is 0 Å². The van der Waals surface area contributed by atoms with Crippen molar-refractivity contribution in [3.63, 3.8) is 0 Å². The van der Waals surface area contributed by atoms with Crippen LogP contribution < -0.4 is 10.5 Å². The lowest BCUT2D eigenvalue weighted by atomic mass is 9.98. The first kappa shape index (κ1) is 12.4. The maximum atomic E-state index is 5.93. The molecular weight excluding hydrogens is 212 g/mol. The normalized spacial score (nSPS) is 18.9. The van der Waals surface area contributed by atoms with Crippen molar-refractivity contribution in [1.29, 1.82) is 0 Å². The molecule has 0 bridgehead atoms. The van der Waals surface area contributed by atoms with E-state index in [4.69, 9.17) is 10.5 Å². The van der Waals surface area contributed by atoms with Crippen LogP contribution in [0.1, 0.15) is 57.2 Å². The van der Waals surface area contributed by atoms with E-state index in [1.807, 2.05) is 12.1 Å². The van der Waals surface area contributed by atoms with Crippen LogP contribution in [-0.4, -0.2) is 11.1 Å². The van der Waals surface area contributed by atoms with Crippen LogP contribution in [0.5, 0.6) is 5.75 Å². The molecule has 1 aromatic heterocycles. The summed E-state index contributed by atoms with van der Waals surface area (Å²) < 4.78 is 5.92. The minimum absolute atomic E-state index is 0.0405. The molecule has 1 fully saturated rings. The Bertz CT molecular complexity index is 331. The first-order valence-electron chi connectivity index (χ1n) is 6.67. The van der Waals surface area contributed by atoms with Crippen molar-refractivity contribution in [2.75, 3.05) is 0 Å². The Morgan fingerprint density at radius 1 is 1.35 bits per heavy atom. The number of nitrogens with zero attached hydrogens (tertiary/aromatic N) is 1. The monoisotopic (exact) mass is 234 g/mol. The maximum Gasteiger partial charge on any atom is 0.138 e. The van der Waals surface area contributed by atoms with Crippen molar-refractivity contribution in [2.24, 2.45) is 5.73 Å². The number of hydrogen-bond donors (Lipinski definition) is 1. The molecule has 0 unspecified atom stereocenters. The van der Waals surface area contributed by atoms with Gasteiger partial charge in [-0.3, -0.25) is 4.98 Å². The van der Waals surface area contributed by atoms with E-state index in [0.717, 1.165) is 17.9 Å². The van der Waals surface area contributed by atoms with E-state index in [1.54, 1.807) is 6.20 Å². The molecule has 0 aliphatic heterocycles. The van der Waals surface area contributed by atoms with Crippen LogP contribution in [0.2, 0.25) is 0 Å². The Morgan fingerprint density at radius 3 is 2.71 bits per heavy atom. The lowest BCUT2D eigenvalue weighted by molar-refractivity contribution is 0.154. The van der Waals surface area contributed by atoms with E-state index < -0.39 is 0 Å². The van der Waals surface area contributed by atoms with Gasteiger partial charge in [0.25, 0.3) is 0 Å². The van der Waals surface area contributed by atoms with Gasteiger partial charge >= 0.3 is 0 Å². The Balaban J connectivity index is 1.93. The van der Waals surface area contributed by atoms with Crippen LogP contribution in [0.3, 0.4) is 0 Å². The van der Waals surface area contributed by atoms with Gasteiger partial charge in [-0.1, -0.05) is 13.3 Å². The lowest BCUT2D eigenvalue weighted by Gasteiger charge is -2.22. The number of rotatable bonds is 4. The van der Waals surface area contributed by atoms with Gasteiger partial charge < -0.3 is 10.5 Å². The molecule has 0 saturated heterocycles. The maximum absolute atomic E-state index is 5.93. The Morgan fingerprint density at radius 2 is 2.12 bits per heavy atom. The fourth-order valence-corrected chi connectivity index (χ4v) is 2.27. The zero-order valence-corrected chi connectivity index (χ0v) is 10.6.